The maximum absolute atomic E-state index is 5.60. The van der Waals surface area contributed by atoms with Gasteiger partial charge in [-0.05, 0) is 12.8 Å². The molecule has 0 aromatic heterocycles. The molecule has 0 bridgehead atoms. The van der Waals surface area contributed by atoms with Gasteiger partial charge in [0.1, 0.15) is 0 Å². The van der Waals surface area contributed by atoms with E-state index >= 15 is 0 Å². The molecule has 0 aliphatic rings. The summed E-state index contributed by atoms with van der Waals surface area (Å²) in [6.07, 6.45) is 16.4. The summed E-state index contributed by atoms with van der Waals surface area (Å²) in [6, 6.07) is 0. The van der Waals surface area contributed by atoms with E-state index in [-0.39, 0.29) is 0 Å². The van der Waals surface area contributed by atoms with Crippen LogP contribution in [0.2, 0.25) is 0 Å². The Morgan fingerprint density at radius 3 is 1.35 bits per heavy atom. The van der Waals surface area contributed by atoms with Crippen molar-refractivity contribution >= 4 is 0 Å². The largest absolute Gasteiger partial charge is 0.381 e. The second-order valence-corrected chi connectivity index (χ2v) is 5.15. The van der Waals surface area contributed by atoms with Gasteiger partial charge in [0.15, 0.2) is 0 Å². The van der Waals surface area contributed by atoms with Gasteiger partial charge < -0.3 is 4.74 Å². The van der Waals surface area contributed by atoms with Crippen molar-refractivity contribution in [3.63, 3.8) is 0 Å². The normalized spacial score (nSPS) is 10.9. The van der Waals surface area contributed by atoms with Gasteiger partial charge in [-0.3, -0.25) is 0 Å². The summed E-state index contributed by atoms with van der Waals surface area (Å²) in [7, 11) is 0. The van der Waals surface area contributed by atoms with Gasteiger partial charge in [-0.25, -0.2) is 0 Å². The van der Waals surface area contributed by atoms with Crippen LogP contribution >= 0.6 is 0 Å². The van der Waals surface area contributed by atoms with Crippen LogP contribution in [0.1, 0.15) is 90.9 Å². The maximum atomic E-state index is 5.60. The molecular formula is C16H34O. The highest BCUT2D eigenvalue weighted by molar-refractivity contribution is 4.46. The van der Waals surface area contributed by atoms with Gasteiger partial charge in [-0.1, -0.05) is 78.1 Å². The zero-order valence-electron chi connectivity index (χ0n) is 12.3. The summed E-state index contributed by atoms with van der Waals surface area (Å²) in [5.74, 6) is 0. The molecule has 0 saturated heterocycles. The Morgan fingerprint density at radius 2 is 0.824 bits per heavy atom. The first-order valence-corrected chi connectivity index (χ1v) is 7.99. The molecule has 0 aromatic rings. The van der Waals surface area contributed by atoms with Gasteiger partial charge in [-0.2, -0.15) is 0 Å². The maximum Gasteiger partial charge on any atom is 0.0466 e. The lowest BCUT2D eigenvalue weighted by molar-refractivity contribution is 0.126. The standard InChI is InChI=1S/C16H34O/c1-3-5-7-8-9-10-11-12-14-16-17-15-13-6-4-2/h3-16H2,1-2H3. The zero-order chi connectivity index (χ0) is 12.6. The van der Waals surface area contributed by atoms with Crippen LogP contribution in [0, 0.1) is 0 Å². The van der Waals surface area contributed by atoms with Gasteiger partial charge in [-0.15, -0.1) is 0 Å². The SMILES string of the molecule is CCCCCCCCCCCOCCCCC. The molecule has 104 valence electrons. The molecule has 17 heavy (non-hydrogen) atoms. The van der Waals surface area contributed by atoms with Crippen molar-refractivity contribution < 1.29 is 4.74 Å². The molecule has 0 N–H and O–H groups in total. The number of ether oxygens (including phenoxy) is 1. The summed E-state index contributed by atoms with van der Waals surface area (Å²) in [4.78, 5) is 0. The third-order valence-electron chi connectivity index (χ3n) is 3.28. The van der Waals surface area contributed by atoms with Crippen LogP contribution in [-0.4, -0.2) is 13.2 Å². The van der Waals surface area contributed by atoms with Crippen molar-refractivity contribution in [2.24, 2.45) is 0 Å². The molecule has 0 aromatic carbocycles. The van der Waals surface area contributed by atoms with Crippen LogP contribution in [0.4, 0.5) is 0 Å². The molecule has 0 fully saturated rings. The molecule has 0 heterocycles. The Bertz CT molecular complexity index is 109. The first kappa shape index (κ1) is 17.0. The quantitative estimate of drug-likeness (QED) is 0.354. The summed E-state index contributed by atoms with van der Waals surface area (Å²) in [5, 5.41) is 0. The number of hydrogen-bond acceptors (Lipinski definition) is 1. The first-order valence-electron chi connectivity index (χ1n) is 7.99. The van der Waals surface area contributed by atoms with Gasteiger partial charge in [0.2, 0.25) is 0 Å². The second-order valence-electron chi connectivity index (χ2n) is 5.15. The van der Waals surface area contributed by atoms with Crippen LogP contribution in [0.3, 0.4) is 0 Å². The average molecular weight is 242 g/mol. The molecule has 0 radical (unpaired) electrons. The summed E-state index contributed by atoms with van der Waals surface area (Å²) < 4.78 is 5.60. The van der Waals surface area contributed by atoms with E-state index in [1.165, 1.54) is 77.0 Å². The van der Waals surface area contributed by atoms with E-state index in [0.29, 0.717) is 0 Å². The molecule has 0 aliphatic carbocycles. The molecule has 0 saturated carbocycles. The van der Waals surface area contributed by atoms with E-state index in [0.717, 1.165) is 13.2 Å². The summed E-state index contributed by atoms with van der Waals surface area (Å²) in [6.45, 7) is 6.48. The lowest BCUT2D eigenvalue weighted by Crippen LogP contribution is -1.96. The van der Waals surface area contributed by atoms with Crippen LogP contribution in [0.25, 0.3) is 0 Å². The lowest BCUT2D eigenvalue weighted by Gasteiger charge is -2.04. The number of unbranched alkanes of at least 4 members (excludes halogenated alkanes) is 10. The highest BCUT2D eigenvalue weighted by Crippen LogP contribution is 2.09. The Kier molecular flexibility index (Phi) is 15.9. The van der Waals surface area contributed by atoms with E-state index < -0.39 is 0 Å². The molecule has 0 unspecified atom stereocenters. The van der Waals surface area contributed by atoms with Crippen molar-refractivity contribution in [1.29, 1.82) is 0 Å². The highest BCUT2D eigenvalue weighted by atomic mass is 16.5. The Morgan fingerprint density at radius 1 is 0.471 bits per heavy atom. The summed E-state index contributed by atoms with van der Waals surface area (Å²) in [5.41, 5.74) is 0. The number of hydrogen-bond donors (Lipinski definition) is 0. The van der Waals surface area contributed by atoms with E-state index in [1.807, 2.05) is 0 Å². The van der Waals surface area contributed by atoms with Gasteiger partial charge in [0, 0.05) is 13.2 Å². The molecule has 0 amide bonds. The van der Waals surface area contributed by atoms with Crippen molar-refractivity contribution in [2.45, 2.75) is 90.9 Å². The Labute approximate surface area is 109 Å². The molecule has 0 spiro atoms. The molecule has 0 aliphatic heterocycles. The summed E-state index contributed by atoms with van der Waals surface area (Å²) >= 11 is 0. The molecular weight excluding hydrogens is 208 g/mol. The fourth-order valence-electron chi connectivity index (χ4n) is 2.07. The highest BCUT2D eigenvalue weighted by Gasteiger charge is 1.92. The first-order chi connectivity index (χ1) is 8.41. The average Bonchev–Trinajstić information content (AvgIpc) is 2.35. The van der Waals surface area contributed by atoms with E-state index in [4.69, 9.17) is 4.74 Å². The minimum atomic E-state index is 0.977. The second kappa shape index (κ2) is 16.0. The van der Waals surface area contributed by atoms with Crippen molar-refractivity contribution in [1.82, 2.24) is 0 Å². The van der Waals surface area contributed by atoms with Crippen LogP contribution in [0.5, 0.6) is 0 Å². The van der Waals surface area contributed by atoms with Crippen molar-refractivity contribution in [2.75, 3.05) is 13.2 Å². The molecule has 1 nitrogen and oxygen atoms in total. The smallest absolute Gasteiger partial charge is 0.0466 e. The third kappa shape index (κ3) is 16.0. The van der Waals surface area contributed by atoms with Gasteiger partial charge >= 0.3 is 0 Å². The minimum Gasteiger partial charge on any atom is -0.381 e. The van der Waals surface area contributed by atoms with Crippen LogP contribution < -0.4 is 0 Å². The predicted molar refractivity (Wildman–Crippen MR) is 77.6 cm³/mol. The molecule has 0 atom stereocenters. The zero-order valence-corrected chi connectivity index (χ0v) is 12.3. The third-order valence-corrected chi connectivity index (χ3v) is 3.28. The van der Waals surface area contributed by atoms with E-state index in [2.05, 4.69) is 13.8 Å². The fraction of sp³-hybridized carbons (Fsp3) is 1.00. The van der Waals surface area contributed by atoms with Crippen molar-refractivity contribution in [3.8, 4) is 0 Å². The van der Waals surface area contributed by atoms with Crippen LogP contribution in [0.15, 0.2) is 0 Å². The lowest BCUT2D eigenvalue weighted by atomic mass is 10.1. The van der Waals surface area contributed by atoms with Gasteiger partial charge in [0.05, 0.1) is 0 Å². The monoisotopic (exact) mass is 242 g/mol. The van der Waals surface area contributed by atoms with Crippen molar-refractivity contribution in [3.05, 3.63) is 0 Å². The van der Waals surface area contributed by atoms with E-state index in [9.17, 15) is 0 Å². The van der Waals surface area contributed by atoms with Crippen LogP contribution in [-0.2, 0) is 4.74 Å². The fourth-order valence-corrected chi connectivity index (χ4v) is 2.07. The van der Waals surface area contributed by atoms with Gasteiger partial charge in [0.25, 0.3) is 0 Å². The number of rotatable bonds is 14. The minimum absolute atomic E-state index is 0.977. The Hall–Kier alpha value is -0.0400. The molecule has 0 rings (SSSR count). The van der Waals surface area contributed by atoms with E-state index in [1.54, 1.807) is 0 Å². The predicted octanol–water partition coefficient (Wildman–Crippen LogP) is 5.72. The Balaban J connectivity index is 2.85. The molecule has 1 heteroatoms. The topological polar surface area (TPSA) is 9.23 Å².